The Morgan fingerprint density at radius 2 is 2.25 bits per heavy atom. The highest BCUT2D eigenvalue weighted by molar-refractivity contribution is 7.33. The second kappa shape index (κ2) is 3.09. The van der Waals surface area contributed by atoms with E-state index in [4.69, 9.17) is 5.21 Å². The second-order valence-electron chi connectivity index (χ2n) is 0.258. The molecule has 0 aromatic rings. The second-order valence-corrected chi connectivity index (χ2v) is 0.774. The first-order chi connectivity index (χ1) is 1.91. The maximum Gasteiger partial charge on any atom is -0.00157 e. The number of nitrogens with one attached hydrogen (secondary N) is 1. The first-order valence-electron chi connectivity index (χ1n) is 0.763. The van der Waals surface area contributed by atoms with Gasteiger partial charge in [0.1, 0.15) is 0 Å². The van der Waals surface area contributed by atoms with E-state index < -0.39 is 0 Å². The lowest BCUT2D eigenvalue weighted by Gasteiger charge is -1.65. The van der Waals surface area contributed by atoms with Crippen molar-refractivity contribution in [3.8, 4) is 0 Å². The first-order valence-corrected chi connectivity index (χ1v) is 1.84. The molecule has 0 aromatic carbocycles. The summed E-state index contributed by atoms with van der Waals surface area (Å²) in [6, 6.07) is 0. The minimum atomic E-state index is 0.554. The summed E-state index contributed by atoms with van der Waals surface area (Å²) in [5.74, 6) is 0. The highest BCUT2D eigenvalue weighted by Crippen LogP contribution is 1.66. The van der Waals surface area contributed by atoms with Gasteiger partial charge in [-0.25, -0.2) is 0 Å². The summed E-state index contributed by atoms with van der Waals surface area (Å²) in [7, 11) is 0.554. The normalized spacial score (nSPS) is 8.25. The highest BCUT2D eigenvalue weighted by Gasteiger charge is 1.39. The van der Waals surface area contributed by atoms with Crippen molar-refractivity contribution in [1.82, 2.24) is 5.25 Å². The van der Waals surface area contributed by atoms with E-state index >= 15 is 0 Å². The molecule has 0 rings (SSSR count). The van der Waals surface area contributed by atoms with E-state index in [9.17, 15) is 0 Å². The van der Waals surface area contributed by atoms with Crippen molar-refractivity contribution in [2.24, 2.45) is 0 Å². The molecule has 0 aliphatic rings. The van der Waals surface area contributed by atoms with E-state index in [0.29, 0.717) is 8.35 Å². The van der Waals surface area contributed by atoms with Gasteiger partial charge in [0.2, 0.25) is 0 Å². The van der Waals surface area contributed by atoms with Crippen LogP contribution in [0.25, 0.3) is 0 Å². The van der Waals surface area contributed by atoms with Gasteiger partial charge in [-0.3, -0.25) is 0 Å². The number of rotatable bonds is 1. The first kappa shape index (κ1) is 4.09. The Kier molecular flexibility index (Phi) is 3.16. The Morgan fingerprint density at radius 3 is 2.25 bits per heavy atom. The van der Waals surface area contributed by atoms with Gasteiger partial charge in [-0.05, 0) is 8.35 Å². The Bertz CT molecular complexity index is 22.0. The zero-order chi connectivity index (χ0) is 3.41. The molecule has 0 fully saturated rings. The van der Waals surface area contributed by atoms with Crippen LogP contribution in [0.15, 0.2) is 0 Å². The minimum absolute atomic E-state index is 0.554. The van der Waals surface area contributed by atoms with Gasteiger partial charge in [-0.2, -0.15) is 5.25 Å². The van der Waals surface area contributed by atoms with E-state index in [1.54, 1.807) is 5.25 Å². The van der Waals surface area contributed by atoms with Gasteiger partial charge in [-0.1, -0.05) is 6.30 Å². The van der Waals surface area contributed by atoms with Crippen molar-refractivity contribution in [2.75, 3.05) is 0 Å². The molecule has 2 nitrogen and oxygen atoms in total. The standard InChI is InChI=1S/CH4NOP/c1-4-2-3/h2-3H,1H2. The van der Waals surface area contributed by atoms with Crippen molar-refractivity contribution in [3.63, 3.8) is 0 Å². The molecule has 4 heavy (non-hydrogen) atoms. The zero-order valence-electron chi connectivity index (χ0n) is 2.10. The monoisotopic (exact) mass is 77.0 g/mol. The number of hydrogen-bond donors (Lipinski definition) is 2. The van der Waals surface area contributed by atoms with Gasteiger partial charge in [-0.15, -0.1) is 0 Å². The van der Waals surface area contributed by atoms with Crippen molar-refractivity contribution in [1.29, 1.82) is 0 Å². The number of hydrogen-bond acceptors (Lipinski definition) is 2. The van der Waals surface area contributed by atoms with Crippen LogP contribution in [0.5, 0.6) is 0 Å². The minimum Gasteiger partial charge on any atom is -0.308 e. The van der Waals surface area contributed by atoms with Gasteiger partial charge in [0.05, 0.1) is 0 Å². The lowest BCUT2D eigenvalue weighted by molar-refractivity contribution is 0.257. The molecule has 0 aliphatic heterocycles. The third-order valence-electron chi connectivity index (χ3n) is 0.0707. The van der Waals surface area contributed by atoms with Crippen molar-refractivity contribution in [3.05, 3.63) is 0 Å². The maximum absolute atomic E-state index is 7.55. The third kappa shape index (κ3) is 2.09. The van der Waals surface area contributed by atoms with E-state index in [2.05, 4.69) is 6.30 Å². The summed E-state index contributed by atoms with van der Waals surface area (Å²) in [4.78, 5) is 0. The van der Waals surface area contributed by atoms with Crippen LogP contribution in [-0.4, -0.2) is 11.5 Å². The molecule has 0 saturated carbocycles. The molecule has 0 heterocycles. The topological polar surface area (TPSA) is 32.3 Å². The average Bonchev–Trinajstić information content (AvgIpc) is 1.37. The molecular weight excluding hydrogens is 73.0 g/mol. The van der Waals surface area contributed by atoms with Crippen LogP contribution in [-0.2, 0) is 0 Å². The highest BCUT2D eigenvalue weighted by atomic mass is 31.1. The molecule has 0 saturated heterocycles. The zero-order valence-corrected chi connectivity index (χ0v) is 3.00. The van der Waals surface area contributed by atoms with Gasteiger partial charge in [0.25, 0.3) is 0 Å². The van der Waals surface area contributed by atoms with Crippen molar-refractivity contribution in [2.45, 2.75) is 0 Å². The molecule has 2 N–H and O–H groups in total. The summed E-state index contributed by atoms with van der Waals surface area (Å²) in [5, 5.41) is 9.34. The molecule has 0 spiro atoms. The van der Waals surface area contributed by atoms with E-state index in [1.807, 2.05) is 0 Å². The molecule has 0 unspecified atom stereocenters. The Balaban J connectivity index is 2.30. The van der Waals surface area contributed by atoms with Crippen LogP contribution in [0.2, 0.25) is 0 Å². The fourth-order valence-corrected chi connectivity index (χ4v) is 0. The SMILES string of the molecule is C=PNO. The molecule has 0 aliphatic carbocycles. The molecule has 0 amide bonds. The summed E-state index contributed by atoms with van der Waals surface area (Å²) in [5.41, 5.74) is 0. The fourth-order valence-electron chi connectivity index (χ4n) is 0. The Labute approximate surface area is 26.3 Å². The Morgan fingerprint density at radius 1 is 2.00 bits per heavy atom. The lowest BCUT2D eigenvalue weighted by Crippen LogP contribution is -1.80. The van der Waals surface area contributed by atoms with Crippen molar-refractivity contribution < 1.29 is 5.21 Å². The van der Waals surface area contributed by atoms with Crippen LogP contribution in [0.4, 0.5) is 0 Å². The van der Waals surface area contributed by atoms with Gasteiger partial charge in [0.15, 0.2) is 0 Å². The summed E-state index contributed by atoms with van der Waals surface area (Å²) in [6.45, 7) is 0. The average molecular weight is 77.0 g/mol. The summed E-state index contributed by atoms with van der Waals surface area (Å²) < 4.78 is 0. The predicted octanol–water partition coefficient (Wildman–Crippen LogP) is 0.258. The fraction of sp³-hybridized carbons (Fsp3) is 0. The molecule has 24 valence electrons. The molecule has 0 atom stereocenters. The van der Waals surface area contributed by atoms with Gasteiger partial charge in [0, 0.05) is 0 Å². The summed E-state index contributed by atoms with van der Waals surface area (Å²) >= 11 is 0. The molecule has 0 aromatic heterocycles. The smallest absolute Gasteiger partial charge is 0.00157 e. The molecular formula is CH4NOP. The molecule has 3 heteroatoms. The molecule has 0 radical (unpaired) electrons. The van der Waals surface area contributed by atoms with Gasteiger partial charge >= 0.3 is 0 Å². The van der Waals surface area contributed by atoms with E-state index in [0.717, 1.165) is 0 Å². The van der Waals surface area contributed by atoms with Crippen LogP contribution < -0.4 is 5.25 Å². The lowest BCUT2D eigenvalue weighted by atomic mass is 12.0. The van der Waals surface area contributed by atoms with Crippen LogP contribution in [0, 0.1) is 0 Å². The van der Waals surface area contributed by atoms with Gasteiger partial charge < -0.3 is 5.21 Å². The van der Waals surface area contributed by atoms with Crippen molar-refractivity contribution >= 4 is 14.7 Å². The van der Waals surface area contributed by atoms with Crippen LogP contribution in [0.3, 0.4) is 0 Å². The Hall–Kier alpha value is 0.0900. The molecule has 0 bridgehead atoms. The third-order valence-corrected chi connectivity index (χ3v) is 0.212. The summed E-state index contributed by atoms with van der Waals surface area (Å²) in [6.07, 6.45) is 3.22. The quantitative estimate of drug-likeness (QED) is 0.347. The van der Waals surface area contributed by atoms with E-state index in [-0.39, 0.29) is 0 Å². The van der Waals surface area contributed by atoms with E-state index in [1.165, 1.54) is 0 Å². The maximum atomic E-state index is 7.55. The van der Waals surface area contributed by atoms with Crippen LogP contribution in [0.1, 0.15) is 0 Å². The predicted molar refractivity (Wildman–Crippen MR) is 19.0 cm³/mol. The van der Waals surface area contributed by atoms with Crippen LogP contribution >= 0.6 is 8.35 Å². The largest absolute Gasteiger partial charge is 0.308 e.